The SMILES string of the molecule is CC[C@@H]1CN(C(C)=O)CC[C@@H]1N[C@@H](C)C(=O)NC(C)(C)CC. The predicted molar refractivity (Wildman–Crippen MR) is 89.6 cm³/mol. The van der Waals surface area contributed by atoms with Gasteiger partial charge < -0.3 is 15.5 Å². The summed E-state index contributed by atoms with van der Waals surface area (Å²) in [4.78, 5) is 25.8. The molecule has 0 aliphatic carbocycles. The van der Waals surface area contributed by atoms with Gasteiger partial charge in [-0.1, -0.05) is 20.3 Å². The van der Waals surface area contributed by atoms with Gasteiger partial charge in [0.15, 0.2) is 0 Å². The van der Waals surface area contributed by atoms with E-state index < -0.39 is 0 Å². The molecule has 1 fully saturated rings. The van der Waals surface area contributed by atoms with Crippen LogP contribution < -0.4 is 10.6 Å². The van der Waals surface area contributed by atoms with E-state index in [0.29, 0.717) is 12.0 Å². The summed E-state index contributed by atoms with van der Waals surface area (Å²) < 4.78 is 0. The summed E-state index contributed by atoms with van der Waals surface area (Å²) >= 11 is 0. The van der Waals surface area contributed by atoms with Gasteiger partial charge >= 0.3 is 0 Å². The molecule has 0 bridgehead atoms. The van der Waals surface area contributed by atoms with Crippen molar-refractivity contribution in [3.05, 3.63) is 0 Å². The van der Waals surface area contributed by atoms with E-state index >= 15 is 0 Å². The zero-order chi connectivity index (χ0) is 16.9. The summed E-state index contributed by atoms with van der Waals surface area (Å²) in [5, 5.41) is 6.56. The first-order valence-electron chi connectivity index (χ1n) is 8.53. The van der Waals surface area contributed by atoms with Crippen molar-refractivity contribution in [3.63, 3.8) is 0 Å². The molecular weight excluding hydrogens is 278 g/mol. The molecule has 5 nitrogen and oxygen atoms in total. The normalized spacial score (nSPS) is 24.0. The number of rotatable bonds is 6. The van der Waals surface area contributed by atoms with Gasteiger partial charge in [-0.3, -0.25) is 9.59 Å². The third-order valence-corrected chi connectivity index (χ3v) is 4.91. The van der Waals surface area contributed by atoms with Crippen LogP contribution in [-0.4, -0.2) is 47.4 Å². The van der Waals surface area contributed by atoms with Crippen LogP contribution in [0, 0.1) is 5.92 Å². The Labute approximate surface area is 135 Å². The van der Waals surface area contributed by atoms with Crippen LogP contribution in [0.5, 0.6) is 0 Å². The van der Waals surface area contributed by atoms with Crippen LogP contribution in [0.15, 0.2) is 0 Å². The van der Waals surface area contributed by atoms with Crippen LogP contribution in [0.2, 0.25) is 0 Å². The molecular formula is C17H33N3O2. The molecule has 5 heteroatoms. The molecule has 1 heterocycles. The molecule has 0 unspecified atom stereocenters. The van der Waals surface area contributed by atoms with E-state index in [-0.39, 0.29) is 23.4 Å². The number of hydrogen-bond acceptors (Lipinski definition) is 3. The van der Waals surface area contributed by atoms with E-state index in [1.165, 1.54) is 0 Å². The van der Waals surface area contributed by atoms with E-state index in [1.807, 2.05) is 25.7 Å². The van der Waals surface area contributed by atoms with E-state index in [1.54, 1.807) is 6.92 Å². The van der Waals surface area contributed by atoms with Gasteiger partial charge in [-0.15, -0.1) is 0 Å². The van der Waals surface area contributed by atoms with Gasteiger partial charge in [0.05, 0.1) is 6.04 Å². The predicted octanol–water partition coefficient (Wildman–Crippen LogP) is 1.92. The monoisotopic (exact) mass is 311 g/mol. The summed E-state index contributed by atoms with van der Waals surface area (Å²) in [7, 11) is 0. The Balaban J connectivity index is 2.58. The molecule has 0 spiro atoms. The van der Waals surface area contributed by atoms with Gasteiger partial charge in [-0.2, -0.15) is 0 Å². The zero-order valence-corrected chi connectivity index (χ0v) is 15.0. The maximum atomic E-state index is 12.3. The third kappa shape index (κ3) is 5.27. The van der Waals surface area contributed by atoms with Crippen molar-refractivity contribution < 1.29 is 9.59 Å². The Bertz CT molecular complexity index is 395. The Hall–Kier alpha value is -1.10. The van der Waals surface area contributed by atoms with Crippen molar-refractivity contribution in [2.45, 2.75) is 78.4 Å². The second-order valence-electron chi connectivity index (χ2n) is 7.14. The molecule has 2 amide bonds. The van der Waals surface area contributed by atoms with E-state index in [2.05, 4.69) is 24.5 Å². The fourth-order valence-corrected chi connectivity index (χ4v) is 2.88. The number of nitrogens with zero attached hydrogens (tertiary/aromatic N) is 1. The largest absolute Gasteiger partial charge is 0.350 e. The van der Waals surface area contributed by atoms with Gasteiger partial charge in [0.25, 0.3) is 0 Å². The lowest BCUT2D eigenvalue weighted by Gasteiger charge is -2.39. The van der Waals surface area contributed by atoms with Crippen LogP contribution in [0.1, 0.15) is 60.8 Å². The fourth-order valence-electron chi connectivity index (χ4n) is 2.88. The van der Waals surface area contributed by atoms with Crippen molar-refractivity contribution in [3.8, 4) is 0 Å². The van der Waals surface area contributed by atoms with Crippen molar-refractivity contribution in [2.24, 2.45) is 5.92 Å². The first kappa shape index (κ1) is 18.9. The minimum absolute atomic E-state index is 0.0516. The minimum atomic E-state index is -0.214. The van der Waals surface area contributed by atoms with Crippen LogP contribution in [0.4, 0.5) is 0 Å². The highest BCUT2D eigenvalue weighted by Gasteiger charge is 2.31. The lowest BCUT2D eigenvalue weighted by atomic mass is 9.89. The number of nitrogens with one attached hydrogen (secondary N) is 2. The smallest absolute Gasteiger partial charge is 0.237 e. The molecule has 1 aliphatic rings. The molecule has 0 aromatic heterocycles. The summed E-state index contributed by atoms with van der Waals surface area (Å²) in [5.41, 5.74) is -0.171. The Morgan fingerprint density at radius 3 is 2.45 bits per heavy atom. The quantitative estimate of drug-likeness (QED) is 0.788. The van der Waals surface area contributed by atoms with Crippen molar-refractivity contribution in [2.75, 3.05) is 13.1 Å². The topological polar surface area (TPSA) is 61.4 Å². The minimum Gasteiger partial charge on any atom is -0.350 e. The summed E-state index contributed by atoms with van der Waals surface area (Å²) in [6.07, 6.45) is 2.82. The average molecular weight is 311 g/mol. The Morgan fingerprint density at radius 2 is 1.95 bits per heavy atom. The first-order chi connectivity index (χ1) is 10.2. The van der Waals surface area contributed by atoms with Crippen LogP contribution in [0.25, 0.3) is 0 Å². The number of carbonyl (C=O) groups is 2. The lowest BCUT2D eigenvalue weighted by Crippen LogP contribution is -2.57. The standard InChI is InChI=1S/C17H33N3O2/c1-7-14-11-20(13(4)21)10-9-15(14)18-12(3)16(22)19-17(5,6)8-2/h12,14-15,18H,7-11H2,1-6H3,(H,19,22)/t12-,14+,15-/m0/s1. The van der Waals surface area contributed by atoms with Gasteiger partial charge in [0.1, 0.15) is 0 Å². The molecule has 1 aliphatic heterocycles. The second kappa shape index (κ2) is 7.95. The van der Waals surface area contributed by atoms with Gasteiger partial charge in [-0.25, -0.2) is 0 Å². The summed E-state index contributed by atoms with van der Waals surface area (Å²) in [5.74, 6) is 0.607. The van der Waals surface area contributed by atoms with Crippen molar-refractivity contribution in [1.82, 2.24) is 15.5 Å². The molecule has 1 rings (SSSR count). The summed E-state index contributed by atoms with van der Waals surface area (Å²) in [6.45, 7) is 13.4. The van der Waals surface area contributed by atoms with Crippen molar-refractivity contribution in [1.29, 1.82) is 0 Å². The van der Waals surface area contributed by atoms with Crippen LogP contribution >= 0.6 is 0 Å². The maximum absolute atomic E-state index is 12.3. The first-order valence-corrected chi connectivity index (χ1v) is 8.53. The summed E-state index contributed by atoms with van der Waals surface area (Å²) in [6, 6.07) is 0.0832. The van der Waals surface area contributed by atoms with Crippen LogP contribution in [0.3, 0.4) is 0 Å². The second-order valence-corrected chi connectivity index (χ2v) is 7.14. The van der Waals surface area contributed by atoms with E-state index in [4.69, 9.17) is 0 Å². The highest BCUT2D eigenvalue weighted by molar-refractivity contribution is 5.82. The Morgan fingerprint density at radius 1 is 1.32 bits per heavy atom. The zero-order valence-electron chi connectivity index (χ0n) is 15.0. The molecule has 0 aromatic carbocycles. The molecule has 2 N–H and O–H groups in total. The number of piperidine rings is 1. The van der Waals surface area contributed by atoms with E-state index in [9.17, 15) is 9.59 Å². The number of hydrogen-bond donors (Lipinski definition) is 2. The molecule has 3 atom stereocenters. The Kier molecular flexibility index (Phi) is 6.85. The molecule has 22 heavy (non-hydrogen) atoms. The third-order valence-electron chi connectivity index (χ3n) is 4.91. The maximum Gasteiger partial charge on any atom is 0.237 e. The highest BCUT2D eigenvalue weighted by atomic mass is 16.2. The number of likely N-dealkylation sites (tertiary alicyclic amines) is 1. The average Bonchev–Trinajstić information content (AvgIpc) is 2.46. The molecule has 1 saturated heterocycles. The molecule has 0 saturated carbocycles. The highest BCUT2D eigenvalue weighted by Crippen LogP contribution is 2.21. The van der Waals surface area contributed by atoms with Crippen LogP contribution in [-0.2, 0) is 9.59 Å². The lowest BCUT2D eigenvalue weighted by molar-refractivity contribution is -0.131. The molecule has 0 aromatic rings. The van der Waals surface area contributed by atoms with E-state index in [0.717, 1.165) is 32.4 Å². The van der Waals surface area contributed by atoms with Gasteiger partial charge in [-0.05, 0) is 39.5 Å². The number of amides is 2. The van der Waals surface area contributed by atoms with Crippen molar-refractivity contribution >= 4 is 11.8 Å². The molecule has 128 valence electrons. The van der Waals surface area contributed by atoms with Gasteiger partial charge in [0.2, 0.25) is 11.8 Å². The van der Waals surface area contributed by atoms with Gasteiger partial charge in [0, 0.05) is 31.6 Å². The molecule has 0 radical (unpaired) electrons. The number of carbonyl (C=O) groups excluding carboxylic acids is 2. The fraction of sp³-hybridized carbons (Fsp3) is 0.882.